The third-order valence-electron chi connectivity index (χ3n) is 1.87. The molecule has 1 atom stereocenters. The van der Waals surface area contributed by atoms with Crippen LogP contribution in [0.3, 0.4) is 0 Å². The van der Waals surface area contributed by atoms with Gasteiger partial charge in [0.1, 0.15) is 0 Å². The Bertz CT molecular complexity index is 61.7. The summed E-state index contributed by atoms with van der Waals surface area (Å²) in [5.41, 5.74) is 0. The van der Waals surface area contributed by atoms with E-state index < -0.39 is 0 Å². The first-order chi connectivity index (χ1) is 4.81. The molecule has 1 heteroatoms. The third kappa shape index (κ3) is 6.09. The molecule has 0 N–H and O–H groups in total. The molecule has 10 heavy (non-hydrogen) atoms. The van der Waals surface area contributed by atoms with Gasteiger partial charge in [0.05, 0.1) is 6.61 Å². The summed E-state index contributed by atoms with van der Waals surface area (Å²) in [4.78, 5) is 0. The minimum Gasteiger partial charge on any atom is -0.237 e. The summed E-state index contributed by atoms with van der Waals surface area (Å²) in [5.74, 6) is 0.830. The van der Waals surface area contributed by atoms with E-state index in [4.69, 9.17) is 0 Å². The average molecular weight is 143 g/mol. The summed E-state index contributed by atoms with van der Waals surface area (Å²) >= 11 is 0. The lowest BCUT2D eigenvalue weighted by Crippen LogP contribution is -1.94. The van der Waals surface area contributed by atoms with Crippen LogP contribution in [0.4, 0.5) is 0 Å². The SMILES string of the molecule is CCCC(C)CCCC[O]. The summed E-state index contributed by atoms with van der Waals surface area (Å²) in [5, 5.41) is 10.1. The van der Waals surface area contributed by atoms with Gasteiger partial charge in [-0.25, -0.2) is 5.11 Å². The van der Waals surface area contributed by atoms with Gasteiger partial charge in [-0.05, 0) is 12.3 Å². The molecular formula is C9H19O. The average Bonchev–Trinajstić information content (AvgIpc) is 1.89. The third-order valence-corrected chi connectivity index (χ3v) is 1.87. The number of rotatable bonds is 6. The Morgan fingerprint density at radius 3 is 2.40 bits per heavy atom. The molecule has 0 rings (SSSR count). The van der Waals surface area contributed by atoms with Gasteiger partial charge >= 0.3 is 0 Å². The standard InChI is InChI=1S/C9H19O/c1-3-6-9(2)7-4-5-8-10/h9H,3-8H2,1-2H3. The Labute approximate surface area is 64.5 Å². The fourth-order valence-corrected chi connectivity index (χ4v) is 1.23. The minimum atomic E-state index is 0.110. The maximum absolute atomic E-state index is 10.1. The van der Waals surface area contributed by atoms with Crippen molar-refractivity contribution in [3.05, 3.63) is 0 Å². The second-order valence-electron chi connectivity index (χ2n) is 3.09. The normalized spacial score (nSPS) is 13.5. The van der Waals surface area contributed by atoms with Crippen molar-refractivity contribution in [3.8, 4) is 0 Å². The van der Waals surface area contributed by atoms with Crippen LogP contribution in [0.2, 0.25) is 0 Å². The van der Waals surface area contributed by atoms with E-state index in [0.717, 1.165) is 18.8 Å². The number of hydrogen-bond donors (Lipinski definition) is 0. The monoisotopic (exact) mass is 143 g/mol. The van der Waals surface area contributed by atoms with Crippen LogP contribution in [0.25, 0.3) is 0 Å². The molecular weight excluding hydrogens is 124 g/mol. The van der Waals surface area contributed by atoms with Crippen LogP contribution in [-0.2, 0) is 5.11 Å². The van der Waals surface area contributed by atoms with Gasteiger partial charge in [-0.3, -0.25) is 0 Å². The summed E-state index contributed by atoms with van der Waals surface area (Å²) in [6.45, 7) is 4.59. The zero-order valence-electron chi connectivity index (χ0n) is 7.23. The van der Waals surface area contributed by atoms with E-state index >= 15 is 0 Å². The highest BCUT2D eigenvalue weighted by Gasteiger charge is 1.98. The summed E-state index contributed by atoms with van der Waals surface area (Å²) in [6.07, 6.45) is 5.84. The first-order valence-electron chi connectivity index (χ1n) is 4.39. The summed E-state index contributed by atoms with van der Waals surface area (Å²) in [7, 11) is 0. The van der Waals surface area contributed by atoms with Crippen molar-refractivity contribution in [3.63, 3.8) is 0 Å². The molecule has 0 aliphatic carbocycles. The maximum atomic E-state index is 10.1. The van der Waals surface area contributed by atoms with Crippen molar-refractivity contribution in [1.82, 2.24) is 0 Å². The number of unbranched alkanes of at least 4 members (excludes halogenated alkanes) is 1. The smallest absolute Gasteiger partial charge is 0.0822 e. The van der Waals surface area contributed by atoms with Crippen LogP contribution < -0.4 is 0 Å². The molecule has 0 aromatic rings. The van der Waals surface area contributed by atoms with Gasteiger partial charge < -0.3 is 0 Å². The fourth-order valence-electron chi connectivity index (χ4n) is 1.23. The lowest BCUT2D eigenvalue weighted by Gasteiger charge is -2.07. The van der Waals surface area contributed by atoms with Crippen molar-refractivity contribution >= 4 is 0 Å². The van der Waals surface area contributed by atoms with Crippen molar-refractivity contribution in [2.75, 3.05) is 6.61 Å². The predicted octanol–water partition coefficient (Wildman–Crippen LogP) is 3.02. The second kappa shape index (κ2) is 7.07. The Morgan fingerprint density at radius 2 is 1.90 bits per heavy atom. The molecule has 0 fully saturated rings. The molecule has 0 amide bonds. The Hall–Kier alpha value is -0.0400. The Morgan fingerprint density at radius 1 is 1.20 bits per heavy atom. The summed E-state index contributed by atoms with van der Waals surface area (Å²) < 4.78 is 0. The molecule has 0 aromatic carbocycles. The van der Waals surface area contributed by atoms with Crippen molar-refractivity contribution in [2.24, 2.45) is 5.92 Å². The van der Waals surface area contributed by atoms with E-state index in [1.54, 1.807) is 0 Å². The zero-order valence-corrected chi connectivity index (χ0v) is 7.23. The van der Waals surface area contributed by atoms with E-state index in [2.05, 4.69) is 13.8 Å². The molecule has 0 heterocycles. The lowest BCUT2D eigenvalue weighted by molar-refractivity contribution is 0.184. The molecule has 0 aliphatic heterocycles. The van der Waals surface area contributed by atoms with Gasteiger partial charge in [0.2, 0.25) is 0 Å². The number of hydrogen-bond acceptors (Lipinski definition) is 0. The Kier molecular flexibility index (Phi) is 7.04. The van der Waals surface area contributed by atoms with E-state index in [1.165, 1.54) is 19.3 Å². The molecule has 1 nitrogen and oxygen atoms in total. The Balaban J connectivity index is 2.97. The van der Waals surface area contributed by atoms with Gasteiger partial charge in [-0.15, -0.1) is 0 Å². The molecule has 0 aliphatic rings. The highest BCUT2D eigenvalue weighted by Crippen LogP contribution is 2.12. The van der Waals surface area contributed by atoms with Gasteiger partial charge in [0.25, 0.3) is 0 Å². The van der Waals surface area contributed by atoms with E-state index in [0.29, 0.717) is 0 Å². The van der Waals surface area contributed by atoms with Crippen molar-refractivity contribution in [1.29, 1.82) is 0 Å². The van der Waals surface area contributed by atoms with Crippen LogP contribution >= 0.6 is 0 Å². The highest BCUT2D eigenvalue weighted by atomic mass is 16.2. The molecule has 0 saturated carbocycles. The van der Waals surface area contributed by atoms with E-state index in [9.17, 15) is 5.11 Å². The molecule has 1 unspecified atom stereocenters. The topological polar surface area (TPSA) is 19.9 Å². The van der Waals surface area contributed by atoms with Crippen molar-refractivity contribution < 1.29 is 5.11 Å². The quantitative estimate of drug-likeness (QED) is 0.509. The van der Waals surface area contributed by atoms with E-state index in [-0.39, 0.29) is 6.61 Å². The lowest BCUT2D eigenvalue weighted by atomic mass is 9.99. The summed E-state index contributed by atoms with van der Waals surface area (Å²) in [6, 6.07) is 0. The first-order valence-corrected chi connectivity index (χ1v) is 4.39. The maximum Gasteiger partial charge on any atom is 0.0822 e. The van der Waals surface area contributed by atoms with Gasteiger partial charge in [-0.2, -0.15) is 0 Å². The van der Waals surface area contributed by atoms with Crippen molar-refractivity contribution in [2.45, 2.75) is 46.0 Å². The molecule has 1 radical (unpaired) electrons. The van der Waals surface area contributed by atoms with Crippen LogP contribution in [-0.4, -0.2) is 6.61 Å². The minimum absolute atomic E-state index is 0.110. The van der Waals surface area contributed by atoms with Crippen LogP contribution in [0.15, 0.2) is 0 Å². The molecule has 61 valence electrons. The fraction of sp³-hybridized carbons (Fsp3) is 1.00. The van der Waals surface area contributed by atoms with Gasteiger partial charge in [0.15, 0.2) is 0 Å². The molecule has 0 bridgehead atoms. The van der Waals surface area contributed by atoms with Crippen LogP contribution in [0.5, 0.6) is 0 Å². The van der Waals surface area contributed by atoms with Crippen LogP contribution in [0, 0.1) is 5.92 Å². The highest BCUT2D eigenvalue weighted by molar-refractivity contribution is 4.51. The molecule has 0 spiro atoms. The van der Waals surface area contributed by atoms with Crippen LogP contribution in [0.1, 0.15) is 46.0 Å². The molecule has 0 aromatic heterocycles. The largest absolute Gasteiger partial charge is 0.237 e. The first kappa shape index (κ1) is 9.96. The second-order valence-corrected chi connectivity index (χ2v) is 3.09. The molecule has 0 saturated heterocycles. The predicted molar refractivity (Wildman–Crippen MR) is 43.5 cm³/mol. The van der Waals surface area contributed by atoms with E-state index in [1.807, 2.05) is 0 Å². The zero-order chi connectivity index (χ0) is 7.82. The van der Waals surface area contributed by atoms with Gasteiger partial charge in [-0.1, -0.05) is 39.5 Å². The van der Waals surface area contributed by atoms with Gasteiger partial charge in [0, 0.05) is 0 Å².